The molecule has 0 radical (unpaired) electrons. The lowest BCUT2D eigenvalue weighted by Crippen LogP contribution is -2.43. The van der Waals surface area contributed by atoms with Gasteiger partial charge in [0.05, 0.1) is 11.7 Å². The Labute approximate surface area is 97.7 Å². The van der Waals surface area contributed by atoms with Gasteiger partial charge in [0.1, 0.15) is 0 Å². The summed E-state index contributed by atoms with van der Waals surface area (Å²) in [5, 5.41) is 0. The highest BCUT2D eigenvalue weighted by molar-refractivity contribution is 5.14. The van der Waals surface area contributed by atoms with Crippen LogP contribution in [0.3, 0.4) is 0 Å². The van der Waals surface area contributed by atoms with Crippen molar-refractivity contribution < 1.29 is 0 Å². The van der Waals surface area contributed by atoms with E-state index >= 15 is 0 Å². The molecule has 3 nitrogen and oxygen atoms in total. The Bertz CT molecular complexity index is 342. The highest BCUT2D eigenvalue weighted by atomic mass is 15.3. The summed E-state index contributed by atoms with van der Waals surface area (Å²) >= 11 is 0. The molecule has 1 aliphatic heterocycles. The highest BCUT2D eigenvalue weighted by Gasteiger charge is 2.39. The summed E-state index contributed by atoms with van der Waals surface area (Å²) in [7, 11) is 0. The van der Waals surface area contributed by atoms with Gasteiger partial charge in [0.25, 0.3) is 0 Å². The van der Waals surface area contributed by atoms with Crippen LogP contribution in [0.25, 0.3) is 0 Å². The van der Waals surface area contributed by atoms with Crippen molar-refractivity contribution in [3.8, 4) is 0 Å². The van der Waals surface area contributed by atoms with Gasteiger partial charge >= 0.3 is 0 Å². The highest BCUT2D eigenvalue weighted by Crippen LogP contribution is 2.35. The van der Waals surface area contributed by atoms with Crippen LogP contribution in [0.4, 0.5) is 0 Å². The maximum Gasteiger partial charge on any atom is 0.0678 e. The molecule has 1 saturated heterocycles. The number of nitrogens with two attached hydrogens (primary N) is 1. The monoisotopic (exact) mass is 219 g/mol. The molecule has 0 aliphatic carbocycles. The van der Waals surface area contributed by atoms with Gasteiger partial charge in [-0.25, -0.2) is 0 Å². The number of aromatic nitrogens is 1. The van der Waals surface area contributed by atoms with Gasteiger partial charge < -0.3 is 5.73 Å². The third kappa shape index (κ3) is 2.11. The lowest BCUT2D eigenvalue weighted by molar-refractivity contribution is 0.114. The van der Waals surface area contributed by atoms with E-state index in [1.54, 1.807) is 0 Å². The predicted molar refractivity (Wildman–Crippen MR) is 66.0 cm³/mol. The Kier molecular flexibility index (Phi) is 3.00. The Morgan fingerprint density at radius 2 is 2.12 bits per heavy atom. The first-order chi connectivity index (χ1) is 7.50. The Balaban J connectivity index is 2.30. The zero-order valence-corrected chi connectivity index (χ0v) is 10.4. The van der Waals surface area contributed by atoms with Gasteiger partial charge in [-0.1, -0.05) is 6.07 Å². The minimum atomic E-state index is 0.149. The van der Waals surface area contributed by atoms with Crippen LogP contribution < -0.4 is 5.73 Å². The van der Waals surface area contributed by atoms with E-state index < -0.39 is 0 Å². The van der Waals surface area contributed by atoms with Crippen LogP contribution in [0.1, 0.15) is 38.9 Å². The van der Waals surface area contributed by atoms with Crippen LogP contribution in [-0.2, 0) is 0 Å². The molecule has 0 spiro atoms. The van der Waals surface area contributed by atoms with Crippen molar-refractivity contribution in [2.45, 2.75) is 44.8 Å². The van der Waals surface area contributed by atoms with Crippen LogP contribution in [0.5, 0.6) is 0 Å². The number of hydrogen-bond acceptors (Lipinski definition) is 3. The van der Waals surface area contributed by atoms with E-state index in [1.165, 1.54) is 0 Å². The minimum absolute atomic E-state index is 0.149. The Hall–Kier alpha value is -0.930. The second-order valence-electron chi connectivity index (χ2n) is 5.52. The maximum atomic E-state index is 6.22. The first kappa shape index (κ1) is 11.6. The molecule has 0 aromatic carbocycles. The standard InChI is InChI=1S/C13H21N3/c1-13(2,3)16-9-7-10(14)12(16)11-6-4-5-8-15-11/h4-6,8,10,12H,7,9,14H2,1-3H3. The van der Waals surface area contributed by atoms with E-state index in [0.29, 0.717) is 0 Å². The number of hydrogen-bond donors (Lipinski definition) is 1. The largest absolute Gasteiger partial charge is 0.326 e. The van der Waals surface area contributed by atoms with E-state index in [0.717, 1.165) is 18.7 Å². The van der Waals surface area contributed by atoms with Crippen LogP contribution in [0, 0.1) is 0 Å². The normalized spacial score (nSPS) is 27.2. The number of likely N-dealkylation sites (tertiary alicyclic amines) is 1. The van der Waals surface area contributed by atoms with E-state index in [4.69, 9.17) is 5.73 Å². The molecule has 88 valence electrons. The van der Waals surface area contributed by atoms with Gasteiger partial charge in [0.2, 0.25) is 0 Å². The molecule has 2 heterocycles. The van der Waals surface area contributed by atoms with Gasteiger partial charge in [-0.05, 0) is 39.3 Å². The molecule has 2 rings (SSSR count). The zero-order chi connectivity index (χ0) is 11.8. The van der Waals surface area contributed by atoms with Gasteiger partial charge in [-0.2, -0.15) is 0 Å². The van der Waals surface area contributed by atoms with Crippen LogP contribution in [0.15, 0.2) is 24.4 Å². The maximum absolute atomic E-state index is 6.22. The molecular weight excluding hydrogens is 198 g/mol. The molecule has 1 fully saturated rings. The fourth-order valence-corrected chi connectivity index (χ4v) is 2.50. The summed E-state index contributed by atoms with van der Waals surface area (Å²) in [6.07, 6.45) is 2.90. The SMILES string of the molecule is CC(C)(C)N1CCC(N)C1c1ccccn1. The Morgan fingerprint density at radius 3 is 2.69 bits per heavy atom. The van der Waals surface area contributed by atoms with Crippen molar-refractivity contribution in [3.63, 3.8) is 0 Å². The fourth-order valence-electron chi connectivity index (χ4n) is 2.50. The van der Waals surface area contributed by atoms with Crippen LogP contribution in [-0.4, -0.2) is 28.0 Å². The molecule has 0 amide bonds. The first-order valence-corrected chi connectivity index (χ1v) is 5.93. The molecule has 1 aliphatic rings. The average Bonchev–Trinajstić information content (AvgIpc) is 2.61. The lowest BCUT2D eigenvalue weighted by Gasteiger charge is -2.37. The molecule has 1 aromatic rings. The summed E-state index contributed by atoms with van der Waals surface area (Å²) < 4.78 is 0. The van der Waals surface area contributed by atoms with Crippen molar-refractivity contribution >= 4 is 0 Å². The van der Waals surface area contributed by atoms with E-state index in [-0.39, 0.29) is 17.6 Å². The van der Waals surface area contributed by atoms with Gasteiger partial charge in [-0.3, -0.25) is 9.88 Å². The molecule has 0 bridgehead atoms. The van der Waals surface area contributed by atoms with E-state index in [1.807, 2.05) is 18.3 Å². The molecule has 1 aromatic heterocycles. The zero-order valence-electron chi connectivity index (χ0n) is 10.4. The molecule has 2 unspecified atom stereocenters. The third-order valence-electron chi connectivity index (χ3n) is 3.30. The third-order valence-corrected chi connectivity index (χ3v) is 3.30. The molecule has 0 saturated carbocycles. The lowest BCUT2D eigenvalue weighted by atomic mass is 10.0. The van der Waals surface area contributed by atoms with Crippen molar-refractivity contribution in [1.82, 2.24) is 9.88 Å². The quantitative estimate of drug-likeness (QED) is 0.785. The second kappa shape index (κ2) is 4.15. The topological polar surface area (TPSA) is 42.1 Å². The molecule has 3 heteroatoms. The van der Waals surface area contributed by atoms with Gasteiger partial charge in [0.15, 0.2) is 0 Å². The Morgan fingerprint density at radius 1 is 1.38 bits per heavy atom. The van der Waals surface area contributed by atoms with Crippen LogP contribution in [0.2, 0.25) is 0 Å². The summed E-state index contributed by atoms with van der Waals surface area (Å²) in [5.41, 5.74) is 7.47. The van der Waals surface area contributed by atoms with E-state index in [2.05, 4.69) is 36.7 Å². The summed E-state index contributed by atoms with van der Waals surface area (Å²) in [4.78, 5) is 6.91. The number of nitrogens with zero attached hydrogens (tertiary/aromatic N) is 2. The molecular formula is C13H21N3. The van der Waals surface area contributed by atoms with Crippen molar-refractivity contribution in [2.75, 3.05) is 6.54 Å². The smallest absolute Gasteiger partial charge is 0.0678 e. The second-order valence-corrected chi connectivity index (χ2v) is 5.52. The summed E-state index contributed by atoms with van der Waals surface area (Å²) in [6, 6.07) is 6.53. The van der Waals surface area contributed by atoms with Gasteiger partial charge in [-0.15, -0.1) is 0 Å². The van der Waals surface area contributed by atoms with Crippen molar-refractivity contribution in [2.24, 2.45) is 5.73 Å². The number of pyridine rings is 1. The van der Waals surface area contributed by atoms with Crippen molar-refractivity contribution in [3.05, 3.63) is 30.1 Å². The fraction of sp³-hybridized carbons (Fsp3) is 0.615. The van der Waals surface area contributed by atoms with Crippen molar-refractivity contribution in [1.29, 1.82) is 0 Å². The first-order valence-electron chi connectivity index (χ1n) is 5.93. The summed E-state index contributed by atoms with van der Waals surface area (Å²) in [6.45, 7) is 7.77. The minimum Gasteiger partial charge on any atom is -0.326 e. The van der Waals surface area contributed by atoms with Gasteiger partial charge in [0, 0.05) is 24.3 Å². The molecule has 2 atom stereocenters. The predicted octanol–water partition coefficient (Wildman–Crippen LogP) is 1.95. The van der Waals surface area contributed by atoms with Crippen LogP contribution >= 0.6 is 0 Å². The molecule has 2 N–H and O–H groups in total. The average molecular weight is 219 g/mol. The number of rotatable bonds is 1. The van der Waals surface area contributed by atoms with E-state index in [9.17, 15) is 0 Å². The molecule has 16 heavy (non-hydrogen) atoms. The summed E-state index contributed by atoms with van der Waals surface area (Å²) in [5.74, 6) is 0.